The molecule has 1 heterocycles. The largest absolute Gasteiger partial charge is 0.493 e. The third kappa shape index (κ3) is 2.74. The molecule has 0 spiro atoms. The van der Waals surface area contributed by atoms with Crippen LogP contribution in [0, 0.1) is 6.92 Å². The number of para-hydroxylation sites is 1. The lowest BCUT2D eigenvalue weighted by atomic mass is 10.1. The Morgan fingerprint density at radius 3 is 2.75 bits per heavy atom. The zero-order valence-corrected chi connectivity index (χ0v) is 11.7. The first-order chi connectivity index (χ1) is 9.67. The van der Waals surface area contributed by atoms with Crippen LogP contribution in [0.2, 0.25) is 0 Å². The number of methoxy groups -OCH3 is 2. The van der Waals surface area contributed by atoms with Gasteiger partial charge in [0.1, 0.15) is 0 Å². The minimum Gasteiger partial charge on any atom is -0.493 e. The Morgan fingerprint density at radius 2 is 2.15 bits per heavy atom. The van der Waals surface area contributed by atoms with Crippen molar-refractivity contribution in [1.82, 2.24) is 15.5 Å². The summed E-state index contributed by atoms with van der Waals surface area (Å²) in [4.78, 5) is 12.2. The van der Waals surface area contributed by atoms with Crippen LogP contribution in [-0.2, 0) is 6.54 Å². The Labute approximate surface area is 117 Å². The fraction of sp³-hybridized carbons (Fsp3) is 0.286. The number of amides is 1. The van der Waals surface area contributed by atoms with E-state index in [-0.39, 0.29) is 5.91 Å². The normalized spacial score (nSPS) is 10.2. The summed E-state index contributed by atoms with van der Waals surface area (Å²) >= 11 is 0. The van der Waals surface area contributed by atoms with E-state index in [1.807, 2.05) is 6.92 Å². The molecule has 1 aromatic heterocycles. The Morgan fingerprint density at radius 1 is 1.35 bits per heavy atom. The lowest BCUT2D eigenvalue weighted by Crippen LogP contribution is -2.23. The van der Waals surface area contributed by atoms with Crippen molar-refractivity contribution in [2.75, 3.05) is 14.2 Å². The number of nitrogens with one attached hydrogen (secondary N) is 2. The van der Waals surface area contributed by atoms with Gasteiger partial charge in [-0.25, -0.2) is 0 Å². The fourth-order valence-electron chi connectivity index (χ4n) is 1.89. The molecular weight excluding hydrogens is 258 g/mol. The summed E-state index contributed by atoms with van der Waals surface area (Å²) in [5, 5.41) is 9.57. The van der Waals surface area contributed by atoms with E-state index in [4.69, 9.17) is 9.47 Å². The van der Waals surface area contributed by atoms with Gasteiger partial charge in [0.2, 0.25) is 0 Å². The maximum atomic E-state index is 12.2. The van der Waals surface area contributed by atoms with Gasteiger partial charge >= 0.3 is 0 Å². The van der Waals surface area contributed by atoms with Gasteiger partial charge in [-0.2, -0.15) is 5.10 Å². The van der Waals surface area contributed by atoms with Crippen LogP contribution in [0.4, 0.5) is 0 Å². The highest BCUT2D eigenvalue weighted by Crippen LogP contribution is 2.30. The number of nitrogens with zero attached hydrogens (tertiary/aromatic N) is 1. The van der Waals surface area contributed by atoms with Gasteiger partial charge in [0.25, 0.3) is 5.91 Å². The first-order valence-electron chi connectivity index (χ1n) is 6.15. The van der Waals surface area contributed by atoms with E-state index < -0.39 is 0 Å². The van der Waals surface area contributed by atoms with Crippen LogP contribution in [-0.4, -0.2) is 30.3 Å². The summed E-state index contributed by atoms with van der Waals surface area (Å²) < 4.78 is 10.4. The molecule has 0 bridgehead atoms. The highest BCUT2D eigenvalue weighted by atomic mass is 16.5. The molecule has 6 heteroatoms. The van der Waals surface area contributed by atoms with E-state index in [1.54, 1.807) is 24.4 Å². The number of benzene rings is 1. The molecule has 0 radical (unpaired) electrons. The third-order valence-electron chi connectivity index (χ3n) is 3.02. The van der Waals surface area contributed by atoms with E-state index in [0.29, 0.717) is 23.6 Å². The number of carbonyl (C=O) groups is 1. The summed E-state index contributed by atoms with van der Waals surface area (Å²) in [6.07, 6.45) is 1.69. The fourth-order valence-corrected chi connectivity index (χ4v) is 1.89. The summed E-state index contributed by atoms with van der Waals surface area (Å²) in [5.74, 6) is 0.734. The maximum absolute atomic E-state index is 12.2. The lowest BCUT2D eigenvalue weighted by molar-refractivity contribution is 0.0947. The number of hydrogen-bond donors (Lipinski definition) is 2. The number of aryl methyl sites for hydroxylation is 1. The maximum Gasteiger partial charge on any atom is 0.255 e. The van der Waals surface area contributed by atoms with Crippen molar-refractivity contribution in [1.29, 1.82) is 0 Å². The van der Waals surface area contributed by atoms with Crippen molar-refractivity contribution in [3.8, 4) is 11.5 Å². The van der Waals surface area contributed by atoms with Gasteiger partial charge in [0.15, 0.2) is 11.5 Å². The number of rotatable bonds is 5. The van der Waals surface area contributed by atoms with Crippen molar-refractivity contribution in [3.63, 3.8) is 0 Å². The average molecular weight is 275 g/mol. The molecule has 0 aliphatic carbocycles. The summed E-state index contributed by atoms with van der Waals surface area (Å²) in [6.45, 7) is 2.31. The number of aromatic nitrogens is 2. The molecule has 0 aliphatic heterocycles. The monoisotopic (exact) mass is 275 g/mol. The van der Waals surface area contributed by atoms with Gasteiger partial charge in [-0.15, -0.1) is 0 Å². The van der Waals surface area contributed by atoms with Gasteiger partial charge in [-0.3, -0.25) is 9.89 Å². The molecule has 0 aliphatic rings. The zero-order valence-electron chi connectivity index (χ0n) is 11.7. The second-order valence-electron chi connectivity index (χ2n) is 4.24. The first kappa shape index (κ1) is 13.9. The molecule has 2 aromatic rings. The highest BCUT2D eigenvalue weighted by molar-refractivity contribution is 5.97. The predicted octanol–water partition coefficient (Wildman–Crippen LogP) is 1.67. The molecule has 1 aromatic carbocycles. The topological polar surface area (TPSA) is 76.2 Å². The minimum absolute atomic E-state index is 0.221. The zero-order chi connectivity index (χ0) is 14.5. The molecule has 0 atom stereocenters. The summed E-state index contributed by atoms with van der Waals surface area (Å²) in [7, 11) is 3.04. The SMILES string of the molecule is COc1cccc(C(=O)NCc2cn[nH]c2C)c1OC. The highest BCUT2D eigenvalue weighted by Gasteiger charge is 2.16. The third-order valence-corrected chi connectivity index (χ3v) is 3.02. The van der Waals surface area contributed by atoms with Gasteiger partial charge in [0, 0.05) is 17.8 Å². The molecule has 0 fully saturated rings. The van der Waals surface area contributed by atoms with Crippen molar-refractivity contribution >= 4 is 5.91 Å². The second kappa shape index (κ2) is 6.10. The van der Waals surface area contributed by atoms with Crippen LogP contribution in [0.15, 0.2) is 24.4 Å². The van der Waals surface area contributed by atoms with Gasteiger partial charge in [-0.05, 0) is 19.1 Å². The average Bonchev–Trinajstić information content (AvgIpc) is 2.89. The molecule has 106 valence electrons. The van der Waals surface area contributed by atoms with Gasteiger partial charge < -0.3 is 14.8 Å². The number of ether oxygens (including phenoxy) is 2. The molecule has 0 saturated carbocycles. The van der Waals surface area contributed by atoms with Crippen molar-refractivity contribution in [2.24, 2.45) is 0 Å². The Kier molecular flexibility index (Phi) is 4.24. The van der Waals surface area contributed by atoms with Crippen LogP contribution in [0.3, 0.4) is 0 Å². The lowest BCUT2D eigenvalue weighted by Gasteiger charge is -2.12. The molecule has 20 heavy (non-hydrogen) atoms. The van der Waals surface area contributed by atoms with E-state index >= 15 is 0 Å². The second-order valence-corrected chi connectivity index (χ2v) is 4.24. The van der Waals surface area contributed by atoms with Gasteiger partial charge in [-0.1, -0.05) is 6.07 Å². The van der Waals surface area contributed by atoms with Crippen molar-refractivity contribution < 1.29 is 14.3 Å². The molecule has 1 amide bonds. The van der Waals surface area contributed by atoms with Gasteiger partial charge in [0.05, 0.1) is 26.0 Å². The van der Waals surface area contributed by atoms with Crippen LogP contribution in [0.25, 0.3) is 0 Å². The Balaban J connectivity index is 2.15. The van der Waals surface area contributed by atoms with E-state index in [1.165, 1.54) is 14.2 Å². The van der Waals surface area contributed by atoms with Crippen molar-refractivity contribution in [3.05, 3.63) is 41.2 Å². The summed E-state index contributed by atoms with van der Waals surface area (Å²) in [6, 6.07) is 5.19. The van der Waals surface area contributed by atoms with Crippen molar-refractivity contribution in [2.45, 2.75) is 13.5 Å². The summed E-state index contributed by atoms with van der Waals surface area (Å²) in [5.41, 5.74) is 2.32. The Hall–Kier alpha value is -2.50. The van der Waals surface area contributed by atoms with E-state index in [2.05, 4.69) is 15.5 Å². The number of aromatic amines is 1. The van der Waals surface area contributed by atoms with E-state index in [9.17, 15) is 4.79 Å². The number of H-pyrrole nitrogens is 1. The van der Waals surface area contributed by atoms with Crippen LogP contribution >= 0.6 is 0 Å². The molecular formula is C14H17N3O3. The predicted molar refractivity (Wildman–Crippen MR) is 74.0 cm³/mol. The molecule has 0 unspecified atom stereocenters. The number of hydrogen-bond acceptors (Lipinski definition) is 4. The smallest absolute Gasteiger partial charge is 0.255 e. The molecule has 0 saturated heterocycles. The molecule has 2 rings (SSSR count). The molecule has 6 nitrogen and oxygen atoms in total. The first-order valence-corrected chi connectivity index (χ1v) is 6.15. The van der Waals surface area contributed by atoms with Crippen LogP contribution < -0.4 is 14.8 Å². The Bertz CT molecular complexity index is 607. The van der Waals surface area contributed by atoms with Crippen LogP contribution in [0.1, 0.15) is 21.6 Å². The molecule has 2 N–H and O–H groups in total. The quantitative estimate of drug-likeness (QED) is 0.870. The number of carbonyl (C=O) groups excluding carboxylic acids is 1. The van der Waals surface area contributed by atoms with Crippen LogP contribution in [0.5, 0.6) is 11.5 Å². The minimum atomic E-state index is -0.221. The van der Waals surface area contributed by atoms with E-state index in [0.717, 1.165) is 11.3 Å². The standard InChI is InChI=1S/C14H17N3O3/c1-9-10(8-16-17-9)7-15-14(18)11-5-4-6-12(19-2)13(11)20-3/h4-6,8H,7H2,1-3H3,(H,15,18)(H,16,17).